The van der Waals surface area contributed by atoms with Crippen LogP contribution in [0.15, 0.2) is 81.1 Å². The van der Waals surface area contributed by atoms with E-state index < -0.39 is 0 Å². The third-order valence-corrected chi connectivity index (χ3v) is 6.66. The number of H-pyrrole nitrogens is 1. The lowest BCUT2D eigenvalue weighted by molar-refractivity contribution is -0.118. The number of ether oxygens (including phenoxy) is 1. The highest BCUT2D eigenvalue weighted by molar-refractivity contribution is 7.99. The van der Waals surface area contributed by atoms with Crippen LogP contribution in [0.5, 0.6) is 5.75 Å². The number of furan rings is 1. The molecule has 0 fully saturated rings. The number of aromatic nitrogens is 3. The topological polar surface area (TPSA) is 106 Å². The third kappa shape index (κ3) is 4.95. The van der Waals surface area contributed by atoms with Gasteiger partial charge in [0, 0.05) is 29.6 Å². The third-order valence-electron chi connectivity index (χ3n) is 5.84. The van der Waals surface area contributed by atoms with Crippen molar-refractivity contribution < 1.29 is 18.4 Å². The first-order valence-electron chi connectivity index (χ1n) is 11.1. The van der Waals surface area contributed by atoms with E-state index in [1.165, 1.54) is 11.8 Å². The van der Waals surface area contributed by atoms with Gasteiger partial charge in [0.1, 0.15) is 11.5 Å². The molecule has 0 aliphatic carbocycles. The highest BCUT2D eigenvalue weighted by Crippen LogP contribution is 2.31. The standard InChI is InChI=1S/C26H24N4O4S/c1-16-19(11-12-33-16)25-29-30-26(34-25)35-15-24(31)28-13-21(17-7-9-18(32-2)10-8-17)22-14-27-23-6-4-3-5-20(22)23/h3-12,14,21,27H,13,15H2,1-2H3,(H,28,31). The van der Waals surface area contributed by atoms with Gasteiger partial charge < -0.3 is 23.9 Å². The van der Waals surface area contributed by atoms with Gasteiger partial charge in [0.15, 0.2) is 0 Å². The average molecular weight is 489 g/mol. The fourth-order valence-electron chi connectivity index (χ4n) is 4.00. The largest absolute Gasteiger partial charge is 0.497 e. The number of carbonyl (C=O) groups excluding carboxylic acids is 1. The number of para-hydroxylation sites is 1. The Balaban J connectivity index is 1.27. The van der Waals surface area contributed by atoms with Gasteiger partial charge in [0.25, 0.3) is 11.1 Å². The number of aryl methyl sites for hydroxylation is 1. The fourth-order valence-corrected chi connectivity index (χ4v) is 4.60. The molecule has 2 N–H and O–H groups in total. The van der Waals surface area contributed by atoms with Crippen molar-refractivity contribution in [2.75, 3.05) is 19.4 Å². The number of rotatable bonds is 9. The van der Waals surface area contributed by atoms with Crippen LogP contribution in [-0.4, -0.2) is 40.5 Å². The number of nitrogens with one attached hydrogen (secondary N) is 2. The van der Waals surface area contributed by atoms with Crippen LogP contribution in [0.1, 0.15) is 22.8 Å². The van der Waals surface area contributed by atoms with E-state index in [2.05, 4.69) is 26.6 Å². The van der Waals surface area contributed by atoms with Crippen molar-refractivity contribution in [1.29, 1.82) is 0 Å². The molecule has 1 unspecified atom stereocenters. The number of benzene rings is 2. The lowest BCUT2D eigenvalue weighted by Crippen LogP contribution is -2.30. The molecule has 2 aromatic carbocycles. The molecule has 5 aromatic rings. The van der Waals surface area contributed by atoms with E-state index in [1.54, 1.807) is 19.4 Å². The predicted octanol–water partition coefficient (Wildman–Crippen LogP) is 5.17. The van der Waals surface area contributed by atoms with Crippen molar-refractivity contribution in [3.63, 3.8) is 0 Å². The second-order valence-electron chi connectivity index (χ2n) is 7.97. The Hall–Kier alpha value is -3.98. The summed E-state index contributed by atoms with van der Waals surface area (Å²) in [5.41, 5.74) is 4.01. The maximum Gasteiger partial charge on any atom is 0.277 e. The Morgan fingerprint density at radius 3 is 2.74 bits per heavy atom. The smallest absolute Gasteiger partial charge is 0.277 e. The van der Waals surface area contributed by atoms with Crippen molar-refractivity contribution >= 4 is 28.6 Å². The monoisotopic (exact) mass is 488 g/mol. The molecule has 178 valence electrons. The van der Waals surface area contributed by atoms with E-state index in [9.17, 15) is 4.79 Å². The van der Waals surface area contributed by atoms with Gasteiger partial charge in [-0.2, -0.15) is 0 Å². The molecular weight excluding hydrogens is 464 g/mol. The van der Waals surface area contributed by atoms with E-state index in [0.717, 1.165) is 33.3 Å². The maximum atomic E-state index is 12.7. The average Bonchev–Trinajstić information content (AvgIpc) is 3.63. The minimum Gasteiger partial charge on any atom is -0.497 e. The van der Waals surface area contributed by atoms with Crippen molar-refractivity contribution in [3.8, 4) is 17.2 Å². The van der Waals surface area contributed by atoms with Crippen molar-refractivity contribution in [3.05, 3.63) is 83.9 Å². The lowest BCUT2D eigenvalue weighted by Gasteiger charge is -2.18. The van der Waals surface area contributed by atoms with E-state index in [4.69, 9.17) is 13.6 Å². The SMILES string of the molecule is COc1ccc(C(CNC(=O)CSc2nnc(-c3ccoc3C)o2)c2c[nH]c3ccccc23)cc1. The fraction of sp³-hybridized carbons (Fsp3) is 0.192. The van der Waals surface area contributed by atoms with Gasteiger partial charge in [-0.25, -0.2) is 0 Å². The molecule has 9 heteroatoms. The summed E-state index contributed by atoms with van der Waals surface area (Å²) in [6.07, 6.45) is 3.58. The highest BCUT2D eigenvalue weighted by atomic mass is 32.2. The molecule has 35 heavy (non-hydrogen) atoms. The zero-order valence-corrected chi connectivity index (χ0v) is 20.1. The number of aromatic amines is 1. The number of hydrogen-bond acceptors (Lipinski definition) is 7. The summed E-state index contributed by atoms with van der Waals surface area (Å²) < 4.78 is 16.3. The van der Waals surface area contributed by atoms with Crippen LogP contribution in [0, 0.1) is 6.92 Å². The Bertz CT molecular complexity index is 1440. The Morgan fingerprint density at radius 2 is 1.97 bits per heavy atom. The number of fused-ring (bicyclic) bond motifs is 1. The zero-order valence-electron chi connectivity index (χ0n) is 19.3. The van der Waals surface area contributed by atoms with E-state index in [-0.39, 0.29) is 17.6 Å². The number of nitrogens with zero attached hydrogens (tertiary/aromatic N) is 2. The Labute approximate surface area is 206 Å². The summed E-state index contributed by atoms with van der Waals surface area (Å²) in [6, 6.07) is 17.9. The van der Waals surface area contributed by atoms with Crippen LogP contribution >= 0.6 is 11.8 Å². The normalized spacial score (nSPS) is 12.1. The first kappa shape index (κ1) is 22.8. The van der Waals surface area contributed by atoms with Crippen molar-refractivity contribution in [1.82, 2.24) is 20.5 Å². The van der Waals surface area contributed by atoms with Crippen LogP contribution in [0.3, 0.4) is 0 Å². The van der Waals surface area contributed by atoms with Crippen molar-refractivity contribution in [2.45, 2.75) is 18.1 Å². The highest BCUT2D eigenvalue weighted by Gasteiger charge is 2.20. The van der Waals surface area contributed by atoms with Gasteiger partial charge in [-0.05, 0) is 42.3 Å². The first-order chi connectivity index (χ1) is 17.1. The minimum absolute atomic E-state index is 0.0370. The minimum atomic E-state index is -0.118. The van der Waals surface area contributed by atoms with Crippen LogP contribution in [0.4, 0.5) is 0 Å². The number of thioether (sulfide) groups is 1. The van der Waals surface area contributed by atoms with Crippen LogP contribution in [-0.2, 0) is 4.79 Å². The zero-order chi connectivity index (χ0) is 24.2. The predicted molar refractivity (Wildman–Crippen MR) is 134 cm³/mol. The molecule has 0 aliphatic rings. The van der Waals surface area contributed by atoms with Gasteiger partial charge in [-0.15, -0.1) is 10.2 Å². The molecule has 3 heterocycles. The molecular formula is C26H24N4O4S. The molecule has 8 nitrogen and oxygen atoms in total. The summed E-state index contributed by atoms with van der Waals surface area (Å²) in [4.78, 5) is 16.0. The molecule has 1 amide bonds. The van der Waals surface area contributed by atoms with Gasteiger partial charge in [-0.3, -0.25) is 4.79 Å². The van der Waals surface area contributed by atoms with Crippen LogP contribution < -0.4 is 10.1 Å². The molecule has 0 aliphatic heterocycles. The number of methoxy groups -OCH3 is 1. The second kappa shape index (κ2) is 10.1. The molecule has 0 saturated heterocycles. The molecule has 0 saturated carbocycles. The van der Waals surface area contributed by atoms with E-state index in [1.807, 2.05) is 55.6 Å². The van der Waals surface area contributed by atoms with E-state index >= 15 is 0 Å². The van der Waals surface area contributed by atoms with Gasteiger partial charge >= 0.3 is 0 Å². The van der Waals surface area contributed by atoms with Crippen LogP contribution in [0.2, 0.25) is 0 Å². The Morgan fingerprint density at radius 1 is 1.14 bits per heavy atom. The molecule has 0 bridgehead atoms. The first-order valence-corrected chi connectivity index (χ1v) is 12.1. The summed E-state index contributed by atoms with van der Waals surface area (Å²) in [5.74, 6) is 1.87. The molecule has 1 atom stereocenters. The summed E-state index contributed by atoms with van der Waals surface area (Å²) in [7, 11) is 1.65. The van der Waals surface area contributed by atoms with Crippen LogP contribution in [0.25, 0.3) is 22.4 Å². The molecule has 0 radical (unpaired) electrons. The summed E-state index contributed by atoms with van der Waals surface area (Å²) in [5, 5.41) is 12.6. The Kier molecular flexibility index (Phi) is 6.58. The second-order valence-corrected chi connectivity index (χ2v) is 8.90. The van der Waals surface area contributed by atoms with Crippen molar-refractivity contribution in [2.24, 2.45) is 0 Å². The lowest BCUT2D eigenvalue weighted by atomic mass is 9.91. The van der Waals surface area contributed by atoms with Gasteiger partial charge in [0.05, 0.1) is 24.7 Å². The molecule has 3 aromatic heterocycles. The number of carbonyl (C=O) groups is 1. The summed E-state index contributed by atoms with van der Waals surface area (Å²) in [6.45, 7) is 2.27. The quantitative estimate of drug-likeness (QED) is 0.276. The molecule has 5 rings (SSSR count). The van der Waals surface area contributed by atoms with E-state index in [0.29, 0.717) is 23.4 Å². The maximum absolute atomic E-state index is 12.7. The number of hydrogen-bond donors (Lipinski definition) is 2. The van der Waals surface area contributed by atoms with Gasteiger partial charge in [0.2, 0.25) is 5.91 Å². The van der Waals surface area contributed by atoms with Gasteiger partial charge in [-0.1, -0.05) is 42.1 Å². The summed E-state index contributed by atoms with van der Waals surface area (Å²) >= 11 is 1.20. The molecule has 0 spiro atoms. The number of amides is 1.